The number of nitro groups is 1. The number of rotatable bonds is 2. The molecule has 1 N–H and O–H groups in total. The zero-order valence-electron chi connectivity index (χ0n) is 6.33. The van der Waals surface area contributed by atoms with Gasteiger partial charge in [0.15, 0.2) is 0 Å². The minimum absolute atomic E-state index is 0.101. The summed E-state index contributed by atoms with van der Waals surface area (Å²) >= 11 is 7.63. The highest BCUT2D eigenvalue weighted by Crippen LogP contribution is 2.27. The van der Waals surface area contributed by atoms with Crippen molar-refractivity contribution >= 4 is 39.9 Å². The summed E-state index contributed by atoms with van der Waals surface area (Å²) in [6, 6.07) is 2.75. The third-order valence-electron chi connectivity index (χ3n) is 1.49. The molecule has 0 radical (unpaired) electrons. The molecule has 0 aliphatic rings. The van der Waals surface area contributed by atoms with Crippen LogP contribution in [0.4, 0.5) is 5.69 Å². The Morgan fingerprint density at radius 2 is 2.23 bits per heavy atom. The van der Waals surface area contributed by atoms with Crippen LogP contribution >= 0.6 is 34.2 Å². The molecule has 0 heterocycles. The fourth-order valence-electron chi connectivity index (χ4n) is 0.874. The molecule has 4 nitrogen and oxygen atoms in total. The Bertz CT molecular complexity index is 356. The molecule has 6 heteroatoms. The maximum absolute atomic E-state index is 10.5. The fourth-order valence-corrected chi connectivity index (χ4v) is 1.51. The van der Waals surface area contributed by atoms with Crippen molar-refractivity contribution in [3.63, 3.8) is 0 Å². The lowest BCUT2D eigenvalue weighted by molar-refractivity contribution is -0.385. The Morgan fingerprint density at radius 3 is 2.69 bits per heavy atom. The van der Waals surface area contributed by atoms with E-state index in [1.807, 2.05) is 22.6 Å². The van der Waals surface area contributed by atoms with Gasteiger partial charge in [-0.1, -0.05) is 11.6 Å². The fraction of sp³-hybridized carbons (Fsp3) is 0.143. The molecule has 0 aromatic heterocycles. The first-order valence-electron chi connectivity index (χ1n) is 3.29. The van der Waals surface area contributed by atoms with Crippen LogP contribution < -0.4 is 0 Å². The van der Waals surface area contributed by atoms with E-state index in [0.717, 1.165) is 0 Å². The molecule has 1 aromatic carbocycles. The SMILES string of the molecule is O=[N+]([O-])c1cc(I)c(Cl)cc1CO. The predicted octanol–water partition coefficient (Wildman–Crippen LogP) is 2.35. The van der Waals surface area contributed by atoms with Gasteiger partial charge < -0.3 is 5.11 Å². The van der Waals surface area contributed by atoms with Gasteiger partial charge in [-0.25, -0.2) is 0 Å². The monoisotopic (exact) mass is 313 g/mol. The third kappa shape index (κ3) is 2.29. The van der Waals surface area contributed by atoms with Gasteiger partial charge in [0.25, 0.3) is 5.69 Å². The highest BCUT2D eigenvalue weighted by atomic mass is 127. The van der Waals surface area contributed by atoms with Crippen LogP contribution in [0, 0.1) is 13.7 Å². The molecule has 70 valence electrons. The van der Waals surface area contributed by atoms with Gasteiger partial charge in [-0.3, -0.25) is 10.1 Å². The molecule has 0 unspecified atom stereocenters. The minimum atomic E-state index is -0.538. The maximum Gasteiger partial charge on any atom is 0.276 e. The number of aliphatic hydroxyl groups excluding tert-OH is 1. The molecule has 0 saturated carbocycles. The third-order valence-corrected chi connectivity index (χ3v) is 3.01. The van der Waals surface area contributed by atoms with Gasteiger partial charge in [-0.05, 0) is 28.7 Å². The van der Waals surface area contributed by atoms with E-state index < -0.39 is 4.92 Å². The molecule has 0 aliphatic carbocycles. The number of hydrogen-bond acceptors (Lipinski definition) is 3. The van der Waals surface area contributed by atoms with Crippen molar-refractivity contribution in [2.24, 2.45) is 0 Å². The van der Waals surface area contributed by atoms with E-state index in [1.54, 1.807) is 0 Å². The minimum Gasteiger partial charge on any atom is -0.391 e. The van der Waals surface area contributed by atoms with Crippen molar-refractivity contribution in [3.8, 4) is 0 Å². The normalized spacial score (nSPS) is 10.1. The second-order valence-corrected chi connectivity index (χ2v) is 3.88. The summed E-state index contributed by atoms with van der Waals surface area (Å²) in [5.41, 5.74) is 0.131. The van der Waals surface area contributed by atoms with Crippen LogP contribution in [-0.2, 0) is 6.61 Å². The number of benzene rings is 1. The quantitative estimate of drug-likeness (QED) is 0.518. The van der Waals surface area contributed by atoms with E-state index in [0.29, 0.717) is 8.59 Å². The van der Waals surface area contributed by atoms with Crippen molar-refractivity contribution in [2.75, 3.05) is 0 Å². The van der Waals surface area contributed by atoms with Gasteiger partial charge >= 0.3 is 0 Å². The molecule has 1 rings (SSSR count). The van der Waals surface area contributed by atoms with Crippen LogP contribution in [0.25, 0.3) is 0 Å². The largest absolute Gasteiger partial charge is 0.391 e. The molecule has 0 fully saturated rings. The van der Waals surface area contributed by atoms with Crippen LogP contribution in [0.15, 0.2) is 12.1 Å². The summed E-state index contributed by atoms with van der Waals surface area (Å²) in [6.45, 7) is -0.382. The van der Waals surface area contributed by atoms with Gasteiger partial charge in [-0.2, -0.15) is 0 Å². The van der Waals surface area contributed by atoms with Crippen LogP contribution in [0.5, 0.6) is 0 Å². The average Bonchev–Trinajstić information content (AvgIpc) is 2.08. The van der Waals surface area contributed by atoms with Gasteiger partial charge in [0.05, 0.1) is 22.1 Å². The van der Waals surface area contributed by atoms with Gasteiger partial charge in [0, 0.05) is 9.64 Å². The number of nitrogens with zero attached hydrogens (tertiary/aromatic N) is 1. The molecule has 13 heavy (non-hydrogen) atoms. The number of hydrogen-bond donors (Lipinski definition) is 1. The van der Waals surface area contributed by atoms with Crippen LogP contribution in [0.1, 0.15) is 5.56 Å². The maximum atomic E-state index is 10.5. The van der Waals surface area contributed by atoms with E-state index in [1.165, 1.54) is 12.1 Å². The molecule has 0 spiro atoms. The van der Waals surface area contributed by atoms with E-state index in [2.05, 4.69) is 0 Å². The molecule has 0 aliphatic heterocycles. The van der Waals surface area contributed by atoms with Crippen LogP contribution in [-0.4, -0.2) is 10.0 Å². The van der Waals surface area contributed by atoms with E-state index in [4.69, 9.17) is 16.7 Å². The molecular weight excluding hydrogens is 308 g/mol. The van der Waals surface area contributed by atoms with Gasteiger partial charge in [0.1, 0.15) is 0 Å². The number of aliphatic hydroxyl groups is 1. The van der Waals surface area contributed by atoms with Crippen LogP contribution in [0.3, 0.4) is 0 Å². The highest BCUT2D eigenvalue weighted by molar-refractivity contribution is 14.1. The topological polar surface area (TPSA) is 63.4 Å². The van der Waals surface area contributed by atoms with Crippen molar-refractivity contribution in [1.29, 1.82) is 0 Å². The first-order chi connectivity index (χ1) is 6.06. The number of halogens is 2. The Balaban J connectivity index is 3.33. The predicted molar refractivity (Wildman–Crippen MR) is 56.7 cm³/mol. The standard InChI is InChI=1S/C7H5ClINO3/c8-5-1-4(3-11)7(10(12)13)2-6(5)9/h1-2,11H,3H2. The van der Waals surface area contributed by atoms with Crippen molar-refractivity contribution < 1.29 is 10.0 Å². The van der Waals surface area contributed by atoms with E-state index >= 15 is 0 Å². The summed E-state index contributed by atoms with van der Waals surface area (Å²) in [5.74, 6) is 0. The lowest BCUT2D eigenvalue weighted by Gasteiger charge is -2.01. The summed E-state index contributed by atoms with van der Waals surface area (Å²) < 4.78 is 0.600. The Kier molecular flexibility index (Phi) is 3.46. The molecular formula is C7H5ClINO3. The highest BCUT2D eigenvalue weighted by Gasteiger charge is 2.15. The first kappa shape index (κ1) is 10.7. The first-order valence-corrected chi connectivity index (χ1v) is 4.75. The number of nitro benzene ring substituents is 1. The smallest absolute Gasteiger partial charge is 0.276 e. The Hall–Kier alpha value is -0.400. The van der Waals surface area contributed by atoms with Crippen molar-refractivity contribution in [2.45, 2.75) is 6.61 Å². The Labute approximate surface area is 92.8 Å². The second-order valence-electron chi connectivity index (χ2n) is 2.31. The van der Waals surface area contributed by atoms with E-state index in [-0.39, 0.29) is 17.9 Å². The summed E-state index contributed by atoms with van der Waals surface area (Å²) in [5, 5.41) is 19.7. The second kappa shape index (κ2) is 4.21. The van der Waals surface area contributed by atoms with E-state index in [9.17, 15) is 10.1 Å². The average molecular weight is 313 g/mol. The zero-order chi connectivity index (χ0) is 10.0. The molecule has 0 saturated heterocycles. The summed E-state index contributed by atoms with van der Waals surface area (Å²) in [6.07, 6.45) is 0. The molecule has 1 aromatic rings. The lowest BCUT2D eigenvalue weighted by atomic mass is 10.2. The van der Waals surface area contributed by atoms with Gasteiger partial charge in [-0.15, -0.1) is 0 Å². The summed E-state index contributed by atoms with van der Waals surface area (Å²) in [4.78, 5) is 9.95. The van der Waals surface area contributed by atoms with Crippen molar-refractivity contribution in [1.82, 2.24) is 0 Å². The van der Waals surface area contributed by atoms with Crippen molar-refractivity contribution in [3.05, 3.63) is 36.4 Å². The molecule has 0 bridgehead atoms. The molecule has 0 amide bonds. The summed E-state index contributed by atoms with van der Waals surface area (Å²) in [7, 11) is 0. The van der Waals surface area contributed by atoms with Crippen LogP contribution in [0.2, 0.25) is 5.02 Å². The Morgan fingerprint density at radius 1 is 1.62 bits per heavy atom. The molecule has 0 atom stereocenters. The lowest BCUT2D eigenvalue weighted by Crippen LogP contribution is -1.96. The zero-order valence-corrected chi connectivity index (χ0v) is 9.24. The van der Waals surface area contributed by atoms with Gasteiger partial charge in [0.2, 0.25) is 0 Å².